The molecule has 2 nitrogen and oxygen atoms in total. The minimum absolute atomic E-state index is 0.187. The maximum absolute atomic E-state index is 14.4. The quantitative estimate of drug-likeness (QED) is 0.883. The van der Waals surface area contributed by atoms with Crippen LogP contribution in [0.15, 0.2) is 16.6 Å². The van der Waals surface area contributed by atoms with Crippen LogP contribution in [0.1, 0.15) is 25.8 Å². The highest BCUT2D eigenvalue weighted by molar-refractivity contribution is 9.10. The summed E-state index contributed by atoms with van der Waals surface area (Å²) in [7, 11) is 0. The van der Waals surface area contributed by atoms with Gasteiger partial charge in [-0.2, -0.15) is 11.8 Å². The monoisotopic (exact) mass is 346 g/mol. The van der Waals surface area contributed by atoms with E-state index in [2.05, 4.69) is 34.7 Å². The lowest BCUT2D eigenvalue weighted by atomic mass is 10.1. The van der Waals surface area contributed by atoms with Gasteiger partial charge in [0.05, 0.1) is 10.2 Å². The van der Waals surface area contributed by atoms with Crippen molar-refractivity contribution in [3.8, 4) is 0 Å². The molecule has 0 unspecified atom stereocenters. The molecule has 1 aromatic carbocycles. The molecule has 5 heteroatoms. The second-order valence-electron chi connectivity index (χ2n) is 5.42. The molecule has 1 fully saturated rings. The van der Waals surface area contributed by atoms with Crippen molar-refractivity contribution in [2.75, 3.05) is 23.7 Å². The van der Waals surface area contributed by atoms with Gasteiger partial charge in [-0.25, -0.2) is 4.39 Å². The van der Waals surface area contributed by atoms with Crippen LogP contribution in [-0.2, 0) is 6.54 Å². The molecule has 2 N–H and O–H groups in total. The largest absolute Gasteiger partial charge is 0.368 e. The van der Waals surface area contributed by atoms with Crippen molar-refractivity contribution in [3.63, 3.8) is 0 Å². The third-order valence-electron chi connectivity index (χ3n) is 3.54. The van der Waals surface area contributed by atoms with Gasteiger partial charge in [0.1, 0.15) is 0 Å². The van der Waals surface area contributed by atoms with Crippen molar-refractivity contribution >= 4 is 33.4 Å². The molecule has 0 radical (unpaired) electrons. The van der Waals surface area contributed by atoms with Crippen LogP contribution < -0.4 is 10.6 Å². The lowest BCUT2D eigenvalue weighted by Crippen LogP contribution is -2.28. The van der Waals surface area contributed by atoms with Gasteiger partial charge in [-0.1, -0.05) is 19.9 Å². The first-order chi connectivity index (χ1) is 8.94. The molecule has 106 valence electrons. The molecule has 19 heavy (non-hydrogen) atoms. The van der Waals surface area contributed by atoms with Crippen LogP contribution in [-0.4, -0.2) is 23.6 Å². The summed E-state index contributed by atoms with van der Waals surface area (Å²) >= 11 is 5.27. The van der Waals surface area contributed by atoms with E-state index in [4.69, 9.17) is 5.73 Å². The average Bonchev–Trinajstić information content (AvgIpc) is 2.54. The Balaban J connectivity index is 2.25. The summed E-state index contributed by atoms with van der Waals surface area (Å²) < 4.78 is 15.2. The molecule has 0 aliphatic carbocycles. The molecule has 0 amide bonds. The summed E-state index contributed by atoms with van der Waals surface area (Å²) in [5.41, 5.74) is 7.09. The van der Waals surface area contributed by atoms with Gasteiger partial charge < -0.3 is 10.6 Å². The Kier molecular flexibility index (Phi) is 4.79. The highest BCUT2D eigenvalue weighted by Crippen LogP contribution is 2.35. The molecule has 1 aliphatic rings. The summed E-state index contributed by atoms with van der Waals surface area (Å²) in [6.45, 7) is 6.64. The summed E-state index contributed by atoms with van der Waals surface area (Å²) in [5.74, 6) is 0.843. The van der Waals surface area contributed by atoms with E-state index in [9.17, 15) is 4.39 Å². The average molecular weight is 347 g/mol. The van der Waals surface area contributed by atoms with Crippen LogP contribution >= 0.6 is 27.7 Å². The summed E-state index contributed by atoms with van der Waals surface area (Å²) in [6.07, 6.45) is 1.06. The second-order valence-corrected chi connectivity index (χ2v) is 8.02. The van der Waals surface area contributed by atoms with E-state index in [1.165, 1.54) is 0 Å². The van der Waals surface area contributed by atoms with Gasteiger partial charge in [-0.15, -0.1) is 0 Å². The Bertz CT molecular complexity index is 465. The van der Waals surface area contributed by atoms with Gasteiger partial charge in [0, 0.05) is 30.1 Å². The van der Waals surface area contributed by atoms with Crippen LogP contribution in [0, 0.1) is 5.82 Å². The Labute approximate surface area is 127 Å². The van der Waals surface area contributed by atoms with Crippen molar-refractivity contribution in [1.29, 1.82) is 0 Å². The van der Waals surface area contributed by atoms with Crippen molar-refractivity contribution in [2.45, 2.75) is 31.6 Å². The minimum atomic E-state index is -0.187. The van der Waals surface area contributed by atoms with Gasteiger partial charge >= 0.3 is 0 Å². The highest BCUT2D eigenvalue weighted by atomic mass is 79.9. The summed E-state index contributed by atoms with van der Waals surface area (Å²) in [4.78, 5) is 2.14. The second kappa shape index (κ2) is 6.02. The maximum atomic E-state index is 14.4. The van der Waals surface area contributed by atoms with E-state index >= 15 is 0 Å². The standard InChI is InChI=1S/C14H20BrFN2S/c1-14(2)5-6-18(7-8-19-14)11-4-3-10(9-17)12(15)13(11)16/h3-4H,5-9,17H2,1-2H3. The fourth-order valence-corrected chi connectivity index (χ4v) is 3.84. The number of rotatable bonds is 2. The van der Waals surface area contributed by atoms with Gasteiger partial charge in [-0.05, 0) is 34.0 Å². The molecular weight excluding hydrogens is 327 g/mol. The first-order valence-corrected chi connectivity index (χ1v) is 8.28. The van der Waals surface area contributed by atoms with Gasteiger partial charge in [0.2, 0.25) is 0 Å². The molecule has 0 spiro atoms. The molecule has 1 saturated heterocycles. The lowest BCUT2D eigenvalue weighted by molar-refractivity contribution is 0.596. The van der Waals surface area contributed by atoms with Gasteiger partial charge in [-0.3, -0.25) is 0 Å². The molecule has 2 rings (SSSR count). The predicted molar refractivity (Wildman–Crippen MR) is 85.4 cm³/mol. The number of anilines is 1. The fourth-order valence-electron chi connectivity index (χ4n) is 2.24. The van der Waals surface area contributed by atoms with Crippen LogP contribution in [0.4, 0.5) is 10.1 Å². The molecule has 0 bridgehead atoms. The Morgan fingerprint density at radius 2 is 2.16 bits per heavy atom. The van der Waals surface area contributed by atoms with E-state index in [-0.39, 0.29) is 10.6 Å². The number of benzene rings is 1. The molecule has 0 saturated carbocycles. The van der Waals surface area contributed by atoms with Crippen LogP contribution in [0.25, 0.3) is 0 Å². The smallest absolute Gasteiger partial charge is 0.160 e. The van der Waals surface area contributed by atoms with Gasteiger partial charge in [0.15, 0.2) is 5.82 Å². The maximum Gasteiger partial charge on any atom is 0.160 e. The zero-order valence-corrected chi connectivity index (χ0v) is 13.8. The van der Waals surface area contributed by atoms with Crippen LogP contribution in [0.5, 0.6) is 0 Å². The summed E-state index contributed by atoms with van der Waals surface area (Å²) in [6, 6.07) is 3.76. The molecule has 1 aliphatic heterocycles. The number of nitrogens with zero attached hydrogens (tertiary/aromatic N) is 1. The Hall–Kier alpha value is -0.260. The SMILES string of the molecule is CC1(C)CCN(c2ccc(CN)c(Br)c2F)CCS1. The molecule has 1 heterocycles. The number of thioether (sulfide) groups is 1. The first kappa shape index (κ1) is 15.1. The number of hydrogen-bond acceptors (Lipinski definition) is 3. The van der Waals surface area contributed by atoms with E-state index in [0.717, 1.165) is 30.8 Å². The number of hydrogen-bond donors (Lipinski definition) is 1. The van der Waals surface area contributed by atoms with Crippen molar-refractivity contribution in [3.05, 3.63) is 28.0 Å². The fraction of sp³-hybridized carbons (Fsp3) is 0.571. The van der Waals surface area contributed by atoms with Crippen molar-refractivity contribution in [2.24, 2.45) is 5.73 Å². The highest BCUT2D eigenvalue weighted by Gasteiger charge is 2.25. The van der Waals surface area contributed by atoms with E-state index < -0.39 is 0 Å². The third-order valence-corrected chi connectivity index (χ3v) is 5.77. The Morgan fingerprint density at radius 3 is 2.84 bits per heavy atom. The molecular formula is C14H20BrFN2S. The van der Waals surface area contributed by atoms with Crippen molar-refractivity contribution in [1.82, 2.24) is 0 Å². The first-order valence-electron chi connectivity index (χ1n) is 6.50. The zero-order chi connectivity index (χ0) is 14.0. The third kappa shape index (κ3) is 3.44. The normalized spacial score (nSPS) is 19.3. The zero-order valence-electron chi connectivity index (χ0n) is 11.4. The van der Waals surface area contributed by atoms with Crippen LogP contribution in [0.3, 0.4) is 0 Å². The van der Waals surface area contributed by atoms with Crippen LogP contribution in [0.2, 0.25) is 0 Å². The van der Waals surface area contributed by atoms with E-state index in [0.29, 0.717) is 16.7 Å². The summed E-state index contributed by atoms with van der Waals surface area (Å²) in [5, 5.41) is 0. The molecule has 0 atom stereocenters. The molecule has 0 aromatic heterocycles. The lowest BCUT2D eigenvalue weighted by Gasteiger charge is -2.25. The minimum Gasteiger partial charge on any atom is -0.368 e. The van der Waals surface area contributed by atoms with Gasteiger partial charge in [0.25, 0.3) is 0 Å². The van der Waals surface area contributed by atoms with Crippen molar-refractivity contribution < 1.29 is 4.39 Å². The number of nitrogens with two attached hydrogens (primary N) is 1. The van der Waals surface area contributed by atoms with E-state index in [1.54, 1.807) is 0 Å². The molecule has 1 aromatic rings. The van der Waals surface area contributed by atoms with E-state index in [1.807, 2.05) is 23.9 Å². The predicted octanol–water partition coefficient (Wildman–Crippen LogP) is 3.77. The Morgan fingerprint density at radius 1 is 1.42 bits per heavy atom. The topological polar surface area (TPSA) is 29.3 Å². The number of halogens is 2.